The molecule has 0 spiro atoms. The fourth-order valence-electron chi connectivity index (χ4n) is 2.75. The first-order valence-corrected chi connectivity index (χ1v) is 9.10. The summed E-state index contributed by atoms with van der Waals surface area (Å²) in [6.07, 6.45) is 1.07. The lowest BCUT2D eigenvalue weighted by atomic mass is 10.1. The molecule has 0 saturated heterocycles. The normalized spacial score (nSPS) is 11.6. The van der Waals surface area contributed by atoms with Gasteiger partial charge in [-0.1, -0.05) is 43.3 Å². The van der Waals surface area contributed by atoms with Crippen LogP contribution in [0, 0.1) is 6.92 Å². The number of amides is 1. The monoisotopic (exact) mass is 369 g/mol. The molecule has 1 atom stereocenters. The molecule has 1 unspecified atom stereocenters. The average Bonchev–Trinajstić information content (AvgIpc) is 2.68. The first-order valence-electron chi connectivity index (χ1n) is 9.10. The molecule has 1 amide bonds. The Morgan fingerprint density at radius 3 is 2.37 bits per heavy atom. The number of benzene rings is 2. The van der Waals surface area contributed by atoms with Crippen molar-refractivity contribution in [3.05, 3.63) is 64.7 Å². The minimum Gasteiger partial charge on any atom is -0.496 e. The molecule has 0 heterocycles. The van der Waals surface area contributed by atoms with E-state index in [1.807, 2.05) is 50.2 Å². The maximum atomic E-state index is 12.0. The third kappa shape index (κ3) is 6.13. The van der Waals surface area contributed by atoms with Crippen molar-refractivity contribution in [3.8, 4) is 5.75 Å². The third-order valence-corrected chi connectivity index (χ3v) is 4.45. The predicted molar refractivity (Wildman–Crippen MR) is 105 cm³/mol. The summed E-state index contributed by atoms with van der Waals surface area (Å²) in [7, 11) is 1.59. The summed E-state index contributed by atoms with van der Waals surface area (Å²) < 4.78 is 10.3. The van der Waals surface area contributed by atoms with Crippen molar-refractivity contribution in [3.63, 3.8) is 0 Å². The van der Waals surface area contributed by atoms with Crippen LogP contribution >= 0.6 is 0 Å². The van der Waals surface area contributed by atoms with Crippen LogP contribution in [0.1, 0.15) is 42.1 Å². The molecule has 144 valence electrons. The largest absolute Gasteiger partial charge is 0.496 e. The SMILES string of the molecule is CCc1ccc(C(C)NC(=O)COC(=O)Cc2ccc(C)c(OC)c2)cc1. The van der Waals surface area contributed by atoms with Crippen molar-refractivity contribution in [1.29, 1.82) is 0 Å². The Morgan fingerprint density at radius 1 is 1.07 bits per heavy atom. The summed E-state index contributed by atoms with van der Waals surface area (Å²) in [6, 6.07) is 13.5. The predicted octanol–water partition coefficient (Wildman–Crippen LogP) is 3.53. The molecule has 0 bridgehead atoms. The standard InChI is InChI=1S/C22H27NO4/c1-5-17-8-10-19(11-9-17)16(3)23-21(24)14-27-22(25)13-18-7-6-15(2)20(12-18)26-4/h6-12,16H,5,13-14H2,1-4H3,(H,23,24). The van der Waals surface area contributed by atoms with Gasteiger partial charge in [-0.2, -0.15) is 0 Å². The summed E-state index contributed by atoms with van der Waals surface area (Å²) in [5.74, 6) is -0.0473. The molecule has 0 aliphatic carbocycles. The van der Waals surface area contributed by atoms with Crippen LogP contribution in [0.25, 0.3) is 0 Å². The second kappa shape index (κ2) is 9.76. The summed E-state index contributed by atoms with van der Waals surface area (Å²) in [6.45, 7) is 5.64. The van der Waals surface area contributed by atoms with Crippen molar-refractivity contribution >= 4 is 11.9 Å². The number of rotatable bonds is 8. The van der Waals surface area contributed by atoms with Crippen LogP contribution < -0.4 is 10.1 Å². The highest BCUT2D eigenvalue weighted by Crippen LogP contribution is 2.19. The molecule has 1 N–H and O–H groups in total. The van der Waals surface area contributed by atoms with Crippen molar-refractivity contribution in [2.45, 2.75) is 39.7 Å². The van der Waals surface area contributed by atoms with Gasteiger partial charge < -0.3 is 14.8 Å². The highest BCUT2D eigenvalue weighted by molar-refractivity contribution is 5.81. The number of ether oxygens (including phenoxy) is 2. The lowest BCUT2D eigenvalue weighted by Crippen LogP contribution is -2.31. The van der Waals surface area contributed by atoms with E-state index in [-0.39, 0.29) is 25.0 Å². The molecule has 0 aromatic heterocycles. The lowest BCUT2D eigenvalue weighted by Gasteiger charge is -2.15. The van der Waals surface area contributed by atoms with Gasteiger partial charge in [0.15, 0.2) is 6.61 Å². The second-order valence-electron chi connectivity index (χ2n) is 6.53. The Kier molecular flexibility index (Phi) is 7.41. The molecule has 5 heteroatoms. The number of aryl methyl sites for hydroxylation is 2. The van der Waals surface area contributed by atoms with Crippen LogP contribution in [0.4, 0.5) is 0 Å². The van der Waals surface area contributed by atoms with E-state index in [9.17, 15) is 9.59 Å². The Bertz CT molecular complexity index is 783. The van der Waals surface area contributed by atoms with Gasteiger partial charge in [0.1, 0.15) is 5.75 Å². The molecule has 0 fully saturated rings. The zero-order chi connectivity index (χ0) is 19.8. The van der Waals surface area contributed by atoms with Crippen molar-refractivity contribution in [1.82, 2.24) is 5.32 Å². The Labute approximate surface area is 160 Å². The van der Waals surface area contributed by atoms with Crippen LogP contribution in [-0.4, -0.2) is 25.6 Å². The number of carbonyl (C=O) groups excluding carboxylic acids is 2. The van der Waals surface area contributed by atoms with Gasteiger partial charge in [0.05, 0.1) is 19.6 Å². The highest BCUT2D eigenvalue weighted by Gasteiger charge is 2.13. The van der Waals surface area contributed by atoms with E-state index in [1.165, 1.54) is 5.56 Å². The summed E-state index contributed by atoms with van der Waals surface area (Å²) >= 11 is 0. The molecule has 5 nitrogen and oxygen atoms in total. The van der Waals surface area contributed by atoms with Crippen LogP contribution in [0.2, 0.25) is 0 Å². The van der Waals surface area contributed by atoms with Gasteiger partial charge in [-0.05, 0) is 48.6 Å². The van der Waals surface area contributed by atoms with Crippen molar-refractivity contribution in [2.75, 3.05) is 13.7 Å². The summed E-state index contributed by atoms with van der Waals surface area (Å²) in [4.78, 5) is 24.0. The molecular formula is C22H27NO4. The van der Waals surface area contributed by atoms with Gasteiger partial charge >= 0.3 is 5.97 Å². The van der Waals surface area contributed by atoms with Crippen LogP contribution in [-0.2, 0) is 27.2 Å². The van der Waals surface area contributed by atoms with Gasteiger partial charge in [-0.15, -0.1) is 0 Å². The molecule has 0 aliphatic heterocycles. The topological polar surface area (TPSA) is 64.6 Å². The average molecular weight is 369 g/mol. The Morgan fingerprint density at radius 2 is 1.74 bits per heavy atom. The molecule has 0 radical (unpaired) electrons. The van der Waals surface area contributed by atoms with E-state index in [4.69, 9.17) is 9.47 Å². The first kappa shape index (κ1) is 20.5. The number of esters is 1. The molecule has 0 saturated carbocycles. The first-order chi connectivity index (χ1) is 12.9. The molecular weight excluding hydrogens is 342 g/mol. The number of hydrogen-bond acceptors (Lipinski definition) is 4. The fraction of sp³-hybridized carbons (Fsp3) is 0.364. The van der Waals surface area contributed by atoms with Gasteiger partial charge in [0.25, 0.3) is 5.91 Å². The number of carbonyl (C=O) groups is 2. The van der Waals surface area contributed by atoms with E-state index in [1.54, 1.807) is 13.2 Å². The number of hydrogen-bond donors (Lipinski definition) is 1. The fourth-order valence-corrected chi connectivity index (χ4v) is 2.75. The third-order valence-electron chi connectivity index (χ3n) is 4.45. The summed E-state index contributed by atoms with van der Waals surface area (Å²) in [5, 5.41) is 2.84. The Hall–Kier alpha value is -2.82. The van der Waals surface area contributed by atoms with Gasteiger partial charge in [0.2, 0.25) is 0 Å². The molecule has 0 aliphatic rings. The Balaban J connectivity index is 1.81. The minimum atomic E-state index is -0.448. The lowest BCUT2D eigenvalue weighted by molar-refractivity contribution is -0.148. The van der Waals surface area contributed by atoms with Gasteiger partial charge in [-0.3, -0.25) is 9.59 Å². The molecule has 2 aromatic rings. The number of methoxy groups -OCH3 is 1. The van der Waals surface area contributed by atoms with Gasteiger partial charge in [0, 0.05) is 0 Å². The van der Waals surface area contributed by atoms with E-state index >= 15 is 0 Å². The van der Waals surface area contributed by atoms with E-state index in [0.717, 1.165) is 28.9 Å². The smallest absolute Gasteiger partial charge is 0.310 e. The molecule has 2 rings (SSSR count). The zero-order valence-corrected chi connectivity index (χ0v) is 16.4. The van der Waals surface area contributed by atoms with Crippen molar-refractivity contribution < 1.29 is 19.1 Å². The van der Waals surface area contributed by atoms with E-state index < -0.39 is 5.97 Å². The van der Waals surface area contributed by atoms with Crippen molar-refractivity contribution in [2.24, 2.45) is 0 Å². The summed E-state index contributed by atoms with van der Waals surface area (Å²) in [5.41, 5.74) is 4.04. The van der Waals surface area contributed by atoms with E-state index in [2.05, 4.69) is 12.2 Å². The van der Waals surface area contributed by atoms with Crippen LogP contribution in [0.5, 0.6) is 5.75 Å². The number of nitrogens with one attached hydrogen (secondary N) is 1. The molecule has 27 heavy (non-hydrogen) atoms. The quantitative estimate of drug-likeness (QED) is 0.723. The highest BCUT2D eigenvalue weighted by atomic mass is 16.5. The zero-order valence-electron chi connectivity index (χ0n) is 16.4. The van der Waals surface area contributed by atoms with Crippen LogP contribution in [0.3, 0.4) is 0 Å². The second-order valence-corrected chi connectivity index (χ2v) is 6.53. The maximum Gasteiger partial charge on any atom is 0.310 e. The molecule has 2 aromatic carbocycles. The van der Waals surface area contributed by atoms with Gasteiger partial charge in [-0.25, -0.2) is 0 Å². The minimum absolute atomic E-state index is 0.0952. The van der Waals surface area contributed by atoms with Crippen LogP contribution in [0.15, 0.2) is 42.5 Å². The van der Waals surface area contributed by atoms with E-state index in [0.29, 0.717) is 0 Å². The maximum absolute atomic E-state index is 12.0.